The van der Waals surface area contributed by atoms with Crippen LogP contribution < -0.4 is 4.74 Å². The Morgan fingerprint density at radius 2 is 1.79 bits per heavy atom. The zero-order chi connectivity index (χ0) is 16.9. The van der Waals surface area contributed by atoms with Gasteiger partial charge in [-0.25, -0.2) is 14.2 Å². The van der Waals surface area contributed by atoms with Gasteiger partial charge in [-0.15, -0.1) is 0 Å². The van der Waals surface area contributed by atoms with Crippen molar-refractivity contribution in [3.8, 4) is 5.75 Å². The van der Waals surface area contributed by atoms with Crippen molar-refractivity contribution in [1.82, 2.24) is 4.98 Å². The average molecular weight is 327 g/mol. The van der Waals surface area contributed by atoms with E-state index in [9.17, 15) is 4.39 Å². The molecule has 0 fully saturated rings. The molecular weight excluding hydrogens is 309 g/mol. The fourth-order valence-corrected chi connectivity index (χ4v) is 2.66. The summed E-state index contributed by atoms with van der Waals surface area (Å²) in [4.78, 5) is 14.2. The molecule has 0 N–H and O–H groups in total. The summed E-state index contributed by atoms with van der Waals surface area (Å²) in [7, 11) is 3.08. The normalized spacial score (nSPS) is 11.0. The van der Waals surface area contributed by atoms with Gasteiger partial charge in [0.25, 0.3) is 0 Å². The summed E-state index contributed by atoms with van der Waals surface area (Å²) in [5.41, 5.74) is 3.73. The van der Waals surface area contributed by atoms with Crippen molar-refractivity contribution in [3.05, 3.63) is 71.2 Å². The highest BCUT2D eigenvalue weighted by molar-refractivity contribution is 5.86. The number of fused-ring (bicyclic) bond motifs is 1. The quantitative estimate of drug-likeness (QED) is 0.506. The van der Waals surface area contributed by atoms with Crippen LogP contribution in [0.5, 0.6) is 5.75 Å². The van der Waals surface area contributed by atoms with Crippen LogP contribution in [0.1, 0.15) is 16.7 Å². The molecular formula is C19H18FNO3. The van der Waals surface area contributed by atoms with E-state index in [4.69, 9.17) is 9.62 Å². The van der Waals surface area contributed by atoms with Gasteiger partial charge < -0.3 is 4.74 Å². The predicted octanol–water partition coefficient (Wildman–Crippen LogP) is 4.05. The predicted molar refractivity (Wildman–Crippen MR) is 89.3 cm³/mol. The number of nitrogens with zero attached hydrogens (tertiary/aromatic N) is 1. The fraction of sp³-hybridized carbons (Fsp3) is 0.211. The van der Waals surface area contributed by atoms with Crippen LogP contribution in [0, 0.1) is 5.82 Å². The second-order valence-corrected chi connectivity index (χ2v) is 5.41. The molecule has 124 valence electrons. The first-order valence-corrected chi connectivity index (χ1v) is 7.56. The summed E-state index contributed by atoms with van der Waals surface area (Å²) in [6.45, 7) is 0.286. The molecule has 4 nitrogen and oxygen atoms in total. The molecule has 2 aromatic carbocycles. The zero-order valence-electron chi connectivity index (χ0n) is 13.6. The number of halogens is 1. The molecule has 1 heterocycles. The third-order valence-electron chi connectivity index (χ3n) is 3.80. The molecule has 3 rings (SSSR count). The van der Waals surface area contributed by atoms with Crippen molar-refractivity contribution in [1.29, 1.82) is 0 Å². The van der Waals surface area contributed by atoms with E-state index in [0.29, 0.717) is 12.2 Å². The molecule has 0 aliphatic heterocycles. The number of pyridine rings is 1. The standard InChI is InChI=1S/C19H18FNO3/c1-22-19-16(12-24-23-2)6-5-15-10-14(11-21-18(15)19)9-13-3-7-17(20)8-4-13/h3-8,10-11H,9,12H2,1-2H3. The van der Waals surface area contributed by atoms with Crippen molar-refractivity contribution in [2.45, 2.75) is 13.0 Å². The summed E-state index contributed by atoms with van der Waals surface area (Å²) in [5, 5.41) is 0.979. The molecule has 0 amide bonds. The minimum Gasteiger partial charge on any atom is -0.494 e. The Bertz CT molecular complexity index is 834. The minimum atomic E-state index is -0.231. The van der Waals surface area contributed by atoms with Crippen LogP contribution in [0.2, 0.25) is 0 Å². The SMILES string of the molecule is COOCc1ccc2cc(Cc3ccc(F)cc3)cnc2c1OC. The maximum atomic E-state index is 13.0. The zero-order valence-corrected chi connectivity index (χ0v) is 13.6. The van der Waals surface area contributed by atoms with E-state index in [1.54, 1.807) is 19.2 Å². The van der Waals surface area contributed by atoms with Gasteiger partial charge in [-0.1, -0.05) is 24.3 Å². The summed E-state index contributed by atoms with van der Waals surface area (Å²) in [6, 6.07) is 12.5. The summed E-state index contributed by atoms with van der Waals surface area (Å²) in [5.74, 6) is 0.448. The lowest BCUT2D eigenvalue weighted by Gasteiger charge is -2.11. The fourth-order valence-electron chi connectivity index (χ4n) is 2.66. The van der Waals surface area contributed by atoms with E-state index in [1.165, 1.54) is 19.2 Å². The summed E-state index contributed by atoms with van der Waals surface area (Å²) in [6.07, 6.45) is 2.51. The average Bonchev–Trinajstić information content (AvgIpc) is 2.61. The minimum absolute atomic E-state index is 0.231. The van der Waals surface area contributed by atoms with Crippen LogP contribution >= 0.6 is 0 Å². The first kappa shape index (κ1) is 16.4. The highest BCUT2D eigenvalue weighted by Gasteiger charge is 2.11. The van der Waals surface area contributed by atoms with Crippen LogP contribution in [0.4, 0.5) is 4.39 Å². The molecule has 0 bridgehead atoms. The molecule has 24 heavy (non-hydrogen) atoms. The lowest BCUT2D eigenvalue weighted by atomic mass is 10.0. The van der Waals surface area contributed by atoms with Gasteiger partial charge in [0.05, 0.1) is 14.2 Å². The highest BCUT2D eigenvalue weighted by atomic mass is 19.1. The van der Waals surface area contributed by atoms with E-state index < -0.39 is 0 Å². The molecule has 3 aromatic rings. The molecule has 0 unspecified atom stereocenters. The number of hydrogen-bond acceptors (Lipinski definition) is 4. The van der Waals surface area contributed by atoms with Crippen LogP contribution in [0.25, 0.3) is 10.9 Å². The van der Waals surface area contributed by atoms with E-state index >= 15 is 0 Å². The largest absolute Gasteiger partial charge is 0.494 e. The molecule has 1 aromatic heterocycles. The van der Waals surface area contributed by atoms with Gasteiger partial charge in [0.15, 0.2) is 5.75 Å². The van der Waals surface area contributed by atoms with Gasteiger partial charge in [-0.05, 0) is 35.7 Å². The molecule has 0 saturated heterocycles. The molecule has 0 radical (unpaired) electrons. The van der Waals surface area contributed by atoms with Crippen molar-refractivity contribution < 1.29 is 18.9 Å². The molecule has 0 saturated carbocycles. The van der Waals surface area contributed by atoms with E-state index in [1.807, 2.05) is 18.3 Å². The van der Waals surface area contributed by atoms with Gasteiger partial charge in [0, 0.05) is 17.1 Å². The topological polar surface area (TPSA) is 40.6 Å². The Balaban J connectivity index is 1.92. The van der Waals surface area contributed by atoms with E-state index in [-0.39, 0.29) is 12.4 Å². The second-order valence-electron chi connectivity index (χ2n) is 5.41. The Hall–Kier alpha value is -2.50. The van der Waals surface area contributed by atoms with Crippen LogP contribution in [-0.2, 0) is 22.8 Å². The number of methoxy groups -OCH3 is 1. The molecule has 0 aliphatic carbocycles. The third kappa shape index (κ3) is 3.53. The first-order chi connectivity index (χ1) is 11.7. The lowest BCUT2D eigenvalue weighted by molar-refractivity contribution is -0.282. The maximum Gasteiger partial charge on any atom is 0.150 e. The van der Waals surface area contributed by atoms with Crippen molar-refractivity contribution in [2.24, 2.45) is 0 Å². The second kappa shape index (κ2) is 7.38. The van der Waals surface area contributed by atoms with Crippen LogP contribution in [0.15, 0.2) is 48.7 Å². The summed E-state index contributed by atoms with van der Waals surface area (Å²) < 4.78 is 18.5. The Kier molecular flexibility index (Phi) is 5.03. The summed E-state index contributed by atoms with van der Waals surface area (Å²) >= 11 is 0. The van der Waals surface area contributed by atoms with Gasteiger partial charge in [-0.3, -0.25) is 4.98 Å². The Labute approximate surface area is 139 Å². The van der Waals surface area contributed by atoms with Crippen LogP contribution in [0.3, 0.4) is 0 Å². The monoisotopic (exact) mass is 327 g/mol. The third-order valence-corrected chi connectivity index (χ3v) is 3.80. The number of ether oxygens (including phenoxy) is 1. The van der Waals surface area contributed by atoms with Gasteiger partial charge >= 0.3 is 0 Å². The first-order valence-electron chi connectivity index (χ1n) is 7.56. The van der Waals surface area contributed by atoms with Gasteiger partial charge in [-0.2, -0.15) is 0 Å². The lowest BCUT2D eigenvalue weighted by Crippen LogP contribution is -1.98. The van der Waals surface area contributed by atoms with E-state index in [2.05, 4.69) is 15.9 Å². The molecule has 0 atom stereocenters. The van der Waals surface area contributed by atoms with Crippen molar-refractivity contribution >= 4 is 10.9 Å². The molecule has 0 aliphatic rings. The van der Waals surface area contributed by atoms with Crippen LogP contribution in [-0.4, -0.2) is 19.2 Å². The van der Waals surface area contributed by atoms with Crippen molar-refractivity contribution in [2.75, 3.05) is 14.2 Å². The number of benzene rings is 2. The van der Waals surface area contributed by atoms with Gasteiger partial charge in [0.2, 0.25) is 0 Å². The maximum absolute atomic E-state index is 13.0. The molecule has 5 heteroatoms. The number of rotatable bonds is 6. The van der Waals surface area contributed by atoms with E-state index in [0.717, 1.165) is 27.6 Å². The highest BCUT2D eigenvalue weighted by Crippen LogP contribution is 2.29. The Morgan fingerprint density at radius 3 is 2.50 bits per heavy atom. The molecule has 0 spiro atoms. The Morgan fingerprint density at radius 1 is 1.00 bits per heavy atom. The number of aromatic nitrogens is 1. The number of hydrogen-bond donors (Lipinski definition) is 0. The smallest absolute Gasteiger partial charge is 0.150 e. The van der Waals surface area contributed by atoms with Crippen molar-refractivity contribution in [3.63, 3.8) is 0 Å². The van der Waals surface area contributed by atoms with Gasteiger partial charge in [0.1, 0.15) is 17.9 Å².